The van der Waals surface area contributed by atoms with Crippen LogP contribution in [0.15, 0.2) is 11.1 Å². The molecule has 1 saturated carbocycles. The summed E-state index contributed by atoms with van der Waals surface area (Å²) in [6.07, 6.45) is 3.09. The van der Waals surface area contributed by atoms with Crippen molar-refractivity contribution in [2.75, 3.05) is 0 Å². The largest absolute Gasteiger partial charge is 0.389 e. The molecule has 0 heterocycles. The molecule has 2 rings (SSSR count). The van der Waals surface area contributed by atoms with Gasteiger partial charge < -0.3 is 5.11 Å². The molecule has 0 bridgehead atoms. The fourth-order valence-electron chi connectivity index (χ4n) is 3.38. The van der Waals surface area contributed by atoms with Gasteiger partial charge in [0.1, 0.15) is 0 Å². The smallest absolute Gasteiger partial charge is 0.0755 e. The third kappa shape index (κ3) is 1.25. The highest BCUT2D eigenvalue weighted by molar-refractivity contribution is 5.38. The highest BCUT2D eigenvalue weighted by atomic mass is 16.3. The second-order valence-corrected chi connectivity index (χ2v) is 5.65. The van der Waals surface area contributed by atoms with Crippen LogP contribution in [-0.4, -0.2) is 11.2 Å². The molecule has 1 N–H and O–H groups in total. The zero-order valence-electron chi connectivity index (χ0n) is 9.80. The Balaban J connectivity index is 2.14. The van der Waals surface area contributed by atoms with Crippen molar-refractivity contribution in [1.82, 2.24) is 0 Å². The third-order valence-corrected chi connectivity index (χ3v) is 4.33. The number of allylic oxidation sites excluding steroid dienone is 1. The van der Waals surface area contributed by atoms with Gasteiger partial charge in [-0.15, -0.1) is 0 Å². The normalized spacial score (nSPS) is 35.8. The van der Waals surface area contributed by atoms with Crippen LogP contribution in [0.4, 0.5) is 0 Å². The van der Waals surface area contributed by atoms with E-state index in [1.54, 1.807) is 0 Å². The lowest BCUT2D eigenvalue weighted by Gasteiger charge is -2.18. The molecule has 14 heavy (non-hydrogen) atoms. The summed E-state index contributed by atoms with van der Waals surface area (Å²) in [5, 5.41) is 10.1. The first-order valence-electron chi connectivity index (χ1n) is 5.87. The third-order valence-electron chi connectivity index (χ3n) is 4.33. The summed E-state index contributed by atoms with van der Waals surface area (Å²) in [7, 11) is 0. The minimum Gasteiger partial charge on any atom is -0.389 e. The first-order valence-corrected chi connectivity index (χ1v) is 5.87. The Morgan fingerprint density at radius 3 is 2.64 bits per heavy atom. The predicted octanol–water partition coefficient (Wildman–Crippen LogP) is 3.14. The summed E-state index contributed by atoms with van der Waals surface area (Å²) in [4.78, 5) is 0. The molecule has 1 nitrogen and oxygen atoms in total. The molecule has 0 aromatic carbocycles. The standard InChI is InChI=1S/C13H22O/c1-5-6-10(14)11-8(2)7-9-12(11)13(9,3)4/h9-10,12,14H,5-7H2,1-4H3/t9-,10-,12-/m0/s1. The van der Waals surface area contributed by atoms with Gasteiger partial charge in [0.15, 0.2) is 0 Å². The molecule has 0 amide bonds. The highest BCUT2D eigenvalue weighted by Gasteiger charge is 2.62. The van der Waals surface area contributed by atoms with Crippen LogP contribution in [0.25, 0.3) is 0 Å². The zero-order chi connectivity index (χ0) is 10.5. The summed E-state index contributed by atoms with van der Waals surface area (Å²) in [5.41, 5.74) is 3.34. The number of rotatable bonds is 3. The highest BCUT2D eigenvalue weighted by Crippen LogP contribution is 2.69. The maximum atomic E-state index is 10.1. The Bertz CT molecular complexity index is 275. The van der Waals surface area contributed by atoms with E-state index >= 15 is 0 Å². The Kier molecular flexibility index (Phi) is 2.26. The van der Waals surface area contributed by atoms with Crippen molar-refractivity contribution < 1.29 is 5.11 Å². The SMILES string of the molecule is CCC[C@H](O)C1=C(C)C[C@H]2[C@@H]1C2(C)C. The van der Waals surface area contributed by atoms with Crippen LogP contribution in [0.1, 0.15) is 47.0 Å². The van der Waals surface area contributed by atoms with Crippen molar-refractivity contribution in [3.8, 4) is 0 Å². The van der Waals surface area contributed by atoms with Gasteiger partial charge in [-0.05, 0) is 42.6 Å². The van der Waals surface area contributed by atoms with Gasteiger partial charge in [0, 0.05) is 0 Å². The van der Waals surface area contributed by atoms with Crippen LogP contribution in [0.2, 0.25) is 0 Å². The number of hydrogen-bond acceptors (Lipinski definition) is 1. The lowest BCUT2D eigenvalue weighted by molar-refractivity contribution is 0.190. The van der Waals surface area contributed by atoms with Crippen LogP contribution in [0.3, 0.4) is 0 Å². The van der Waals surface area contributed by atoms with Gasteiger partial charge in [-0.3, -0.25) is 0 Å². The van der Waals surface area contributed by atoms with Gasteiger partial charge in [-0.2, -0.15) is 0 Å². The number of hydrogen-bond donors (Lipinski definition) is 1. The molecule has 3 atom stereocenters. The van der Waals surface area contributed by atoms with Crippen LogP contribution < -0.4 is 0 Å². The van der Waals surface area contributed by atoms with Crippen molar-refractivity contribution >= 4 is 0 Å². The van der Waals surface area contributed by atoms with E-state index in [1.165, 1.54) is 17.6 Å². The second kappa shape index (κ2) is 3.10. The Labute approximate surface area is 87.2 Å². The topological polar surface area (TPSA) is 20.2 Å². The van der Waals surface area contributed by atoms with E-state index in [9.17, 15) is 5.11 Å². The van der Waals surface area contributed by atoms with Crippen molar-refractivity contribution in [3.63, 3.8) is 0 Å². The first kappa shape index (κ1) is 10.2. The van der Waals surface area contributed by atoms with E-state index < -0.39 is 0 Å². The van der Waals surface area contributed by atoms with Crippen LogP contribution in [0, 0.1) is 17.3 Å². The van der Waals surface area contributed by atoms with E-state index in [4.69, 9.17) is 0 Å². The average Bonchev–Trinajstić information content (AvgIpc) is 2.48. The molecule has 0 aromatic rings. The van der Waals surface area contributed by atoms with Crippen LogP contribution in [0.5, 0.6) is 0 Å². The number of aliphatic hydroxyl groups is 1. The predicted molar refractivity (Wildman–Crippen MR) is 59.0 cm³/mol. The summed E-state index contributed by atoms with van der Waals surface area (Å²) in [6.45, 7) is 9.03. The quantitative estimate of drug-likeness (QED) is 0.684. The monoisotopic (exact) mass is 194 g/mol. The van der Waals surface area contributed by atoms with E-state index in [2.05, 4.69) is 27.7 Å². The number of fused-ring (bicyclic) bond motifs is 1. The molecule has 0 aliphatic heterocycles. The molecule has 0 spiro atoms. The first-order chi connectivity index (χ1) is 6.50. The van der Waals surface area contributed by atoms with E-state index in [-0.39, 0.29) is 6.10 Å². The molecule has 2 aliphatic carbocycles. The molecular formula is C13H22O. The van der Waals surface area contributed by atoms with Gasteiger partial charge >= 0.3 is 0 Å². The zero-order valence-corrected chi connectivity index (χ0v) is 9.80. The second-order valence-electron chi connectivity index (χ2n) is 5.65. The minimum atomic E-state index is -0.156. The maximum absolute atomic E-state index is 10.1. The van der Waals surface area contributed by atoms with Crippen LogP contribution in [-0.2, 0) is 0 Å². The minimum absolute atomic E-state index is 0.156. The molecule has 2 aliphatic rings. The molecule has 0 unspecified atom stereocenters. The summed E-state index contributed by atoms with van der Waals surface area (Å²) in [6, 6.07) is 0. The maximum Gasteiger partial charge on any atom is 0.0755 e. The summed E-state index contributed by atoms with van der Waals surface area (Å²) in [5.74, 6) is 1.54. The van der Waals surface area contributed by atoms with Crippen molar-refractivity contribution in [2.24, 2.45) is 17.3 Å². The van der Waals surface area contributed by atoms with E-state index in [0.29, 0.717) is 11.3 Å². The lowest BCUT2D eigenvalue weighted by atomic mass is 9.91. The number of aliphatic hydroxyl groups excluding tert-OH is 1. The molecule has 1 fully saturated rings. The molecular weight excluding hydrogens is 172 g/mol. The van der Waals surface area contributed by atoms with Crippen molar-refractivity contribution in [1.29, 1.82) is 0 Å². The van der Waals surface area contributed by atoms with E-state index in [1.807, 2.05) is 0 Å². The lowest BCUT2D eigenvalue weighted by Crippen LogP contribution is -2.14. The van der Waals surface area contributed by atoms with Gasteiger partial charge in [0.2, 0.25) is 0 Å². The van der Waals surface area contributed by atoms with Gasteiger partial charge in [-0.1, -0.05) is 32.8 Å². The van der Waals surface area contributed by atoms with Gasteiger partial charge in [0.05, 0.1) is 6.10 Å². The molecule has 80 valence electrons. The Hall–Kier alpha value is -0.300. The molecule has 0 radical (unpaired) electrons. The average molecular weight is 194 g/mol. The van der Waals surface area contributed by atoms with E-state index in [0.717, 1.165) is 18.8 Å². The van der Waals surface area contributed by atoms with Crippen molar-refractivity contribution in [3.05, 3.63) is 11.1 Å². The molecule has 0 aromatic heterocycles. The van der Waals surface area contributed by atoms with Gasteiger partial charge in [0.25, 0.3) is 0 Å². The van der Waals surface area contributed by atoms with Gasteiger partial charge in [-0.25, -0.2) is 0 Å². The summed E-state index contributed by atoms with van der Waals surface area (Å²) < 4.78 is 0. The van der Waals surface area contributed by atoms with Crippen molar-refractivity contribution in [2.45, 2.75) is 53.1 Å². The van der Waals surface area contributed by atoms with Crippen LogP contribution >= 0.6 is 0 Å². The fourth-order valence-corrected chi connectivity index (χ4v) is 3.38. The Morgan fingerprint density at radius 1 is 1.50 bits per heavy atom. The molecule has 0 saturated heterocycles. The fraction of sp³-hybridized carbons (Fsp3) is 0.846. The summed E-state index contributed by atoms with van der Waals surface area (Å²) >= 11 is 0. The Morgan fingerprint density at radius 2 is 2.14 bits per heavy atom. The molecule has 1 heteroatoms.